The van der Waals surface area contributed by atoms with Gasteiger partial charge in [-0.25, -0.2) is 0 Å². The van der Waals surface area contributed by atoms with Crippen LogP contribution in [-0.4, -0.2) is 47.6 Å². The van der Waals surface area contributed by atoms with Gasteiger partial charge in [0.05, 0.1) is 12.5 Å². The van der Waals surface area contributed by atoms with Crippen LogP contribution < -0.4 is 4.90 Å². The van der Waals surface area contributed by atoms with Gasteiger partial charge in [0, 0.05) is 24.8 Å². The maximum atomic E-state index is 12.8. The molecule has 1 N–H and O–H groups in total. The molecular weight excluding hydrogens is 292 g/mol. The van der Waals surface area contributed by atoms with E-state index in [2.05, 4.69) is 19.9 Å². The lowest BCUT2D eigenvalue weighted by Crippen LogP contribution is -2.48. The fraction of sp³-hybridized carbons (Fsp3) is 0.556. The summed E-state index contributed by atoms with van der Waals surface area (Å²) < 4.78 is 0. The number of anilines is 1. The maximum Gasteiger partial charge on any atom is 0.307 e. The number of aliphatic carboxylic acids is 1. The van der Waals surface area contributed by atoms with Crippen LogP contribution in [0.3, 0.4) is 0 Å². The lowest BCUT2D eigenvalue weighted by Gasteiger charge is -2.35. The van der Waals surface area contributed by atoms with Crippen molar-refractivity contribution < 1.29 is 14.7 Å². The molecule has 1 aromatic rings. The van der Waals surface area contributed by atoms with E-state index in [-0.39, 0.29) is 17.9 Å². The van der Waals surface area contributed by atoms with Crippen molar-refractivity contribution in [2.24, 2.45) is 11.8 Å². The molecule has 0 bridgehead atoms. The molecule has 1 aromatic carbocycles. The van der Waals surface area contributed by atoms with Crippen molar-refractivity contribution in [3.63, 3.8) is 0 Å². The van der Waals surface area contributed by atoms with E-state index in [1.807, 2.05) is 28.0 Å². The second-order valence-corrected chi connectivity index (χ2v) is 7.02. The molecule has 0 aliphatic carbocycles. The van der Waals surface area contributed by atoms with E-state index in [0.717, 1.165) is 18.7 Å². The molecule has 3 rings (SSSR count). The Hall–Kier alpha value is -1.88. The number of para-hydroxylation sites is 1. The molecule has 3 unspecified atom stereocenters. The number of piperidine rings is 1. The van der Waals surface area contributed by atoms with E-state index in [0.29, 0.717) is 25.4 Å². The van der Waals surface area contributed by atoms with Gasteiger partial charge in [0.15, 0.2) is 0 Å². The first-order valence-electron chi connectivity index (χ1n) is 8.31. The monoisotopic (exact) mass is 316 g/mol. The number of rotatable bonds is 3. The summed E-state index contributed by atoms with van der Waals surface area (Å²) >= 11 is 0. The molecule has 0 saturated carbocycles. The molecule has 2 aliphatic rings. The normalized spacial score (nSPS) is 27.7. The second-order valence-electron chi connectivity index (χ2n) is 7.02. The van der Waals surface area contributed by atoms with Crippen LogP contribution in [0.25, 0.3) is 0 Å². The Morgan fingerprint density at radius 2 is 1.96 bits per heavy atom. The van der Waals surface area contributed by atoms with Gasteiger partial charge >= 0.3 is 5.97 Å². The quantitative estimate of drug-likeness (QED) is 0.926. The third kappa shape index (κ3) is 3.24. The first-order valence-corrected chi connectivity index (χ1v) is 8.31. The van der Waals surface area contributed by atoms with Crippen LogP contribution in [0.5, 0.6) is 0 Å². The van der Waals surface area contributed by atoms with Crippen LogP contribution in [0.15, 0.2) is 24.3 Å². The molecule has 23 heavy (non-hydrogen) atoms. The number of likely N-dealkylation sites (tertiary alicyclic amines) is 1. The van der Waals surface area contributed by atoms with E-state index in [9.17, 15) is 14.7 Å². The zero-order valence-electron chi connectivity index (χ0n) is 13.7. The summed E-state index contributed by atoms with van der Waals surface area (Å²) in [5.41, 5.74) is 2.22. The van der Waals surface area contributed by atoms with Crippen molar-refractivity contribution in [2.45, 2.75) is 32.7 Å². The third-order valence-electron chi connectivity index (χ3n) is 4.92. The fourth-order valence-electron chi connectivity index (χ4n) is 3.98. The predicted molar refractivity (Wildman–Crippen MR) is 88.4 cm³/mol. The maximum absolute atomic E-state index is 12.8. The topological polar surface area (TPSA) is 60.9 Å². The lowest BCUT2D eigenvalue weighted by atomic mass is 9.90. The van der Waals surface area contributed by atoms with Gasteiger partial charge in [-0.15, -0.1) is 0 Å². The summed E-state index contributed by atoms with van der Waals surface area (Å²) in [5.74, 6) is -0.745. The highest BCUT2D eigenvalue weighted by atomic mass is 16.4. The second kappa shape index (κ2) is 6.32. The van der Waals surface area contributed by atoms with E-state index >= 15 is 0 Å². The summed E-state index contributed by atoms with van der Waals surface area (Å²) in [7, 11) is 0. The number of carbonyl (C=O) groups excluding carboxylic acids is 1. The van der Waals surface area contributed by atoms with Gasteiger partial charge in [-0.1, -0.05) is 25.1 Å². The highest BCUT2D eigenvalue weighted by molar-refractivity contribution is 5.97. The zero-order valence-corrected chi connectivity index (χ0v) is 13.7. The Bertz CT molecular complexity index is 616. The number of hydrogen-bond acceptors (Lipinski definition) is 3. The standard InChI is InChI=1S/C18H24N2O3/c1-12-7-15(18(22)23)10-19(9-12)11-17(21)20-13(2)8-14-5-3-4-6-16(14)20/h3-6,12-13,15H,7-11H2,1-2H3,(H,22,23). The molecule has 5 nitrogen and oxygen atoms in total. The van der Waals surface area contributed by atoms with Gasteiger partial charge in [0.1, 0.15) is 0 Å². The summed E-state index contributed by atoms with van der Waals surface area (Å²) in [6.45, 7) is 5.68. The summed E-state index contributed by atoms with van der Waals surface area (Å²) in [5, 5.41) is 9.27. The number of carboxylic acids is 1. The van der Waals surface area contributed by atoms with Gasteiger partial charge in [0.25, 0.3) is 0 Å². The molecular formula is C18H24N2O3. The summed E-state index contributed by atoms with van der Waals surface area (Å²) in [6, 6.07) is 8.19. The number of fused-ring (bicyclic) bond motifs is 1. The average molecular weight is 316 g/mol. The van der Waals surface area contributed by atoms with Gasteiger partial charge in [-0.05, 0) is 37.3 Å². The van der Waals surface area contributed by atoms with Crippen molar-refractivity contribution in [1.29, 1.82) is 0 Å². The molecule has 0 aromatic heterocycles. The molecule has 1 amide bonds. The molecule has 1 fully saturated rings. The SMILES string of the molecule is CC1CC(C(=O)O)CN(CC(=O)N2c3ccccc3CC2C)C1. The van der Waals surface area contributed by atoms with E-state index < -0.39 is 5.97 Å². The van der Waals surface area contributed by atoms with Crippen molar-refractivity contribution in [1.82, 2.24) is 4.90 Å². The Labute approximate surface area is 136 Å². The Morgan fingerprint density at radius 3 is 2.70 bits per heavy atom. The van der Waals surface area contributed by atoms with Crippen LogP contribution in [0.2, 0.25) is 0 Å². The Kier molecular flexibility index (Phi) is 4.39. The fourth-order valence-corrected chi connectivity index (χ4v) is 3.98. The minimum atomic E-state index is -0.756. The molecule has 2 aliphatic heterocycles. The lowest BCUT2D eigenvalue weighted by molar-refractivity contribution is -0.145. The molecule has 0 spiro atoms. The van der Waals surface area contributed by atoms with Crippen molar-refractivity contribution >= 4 is 17.6 Å². The Balaban J connectivity index is 1.71. The molecule has 2 heterocycles. The zero-order chi connectivity index (χ0) is 16.6. The van der Waals surface area contributed by atoms with Gasteiger partial charge < -0.3 is 10.0 Å². The van der Waals surface area contributed by atoms with Crippen LogP contribution in [0.1, 0.15) is 25.8 Å². The Morgan fingerprint density at radius 1 is 1.22 bits per heavy atom. The van der Waals surface area contributed by atoms with Crippen LogP contribution in [-0.2, 0) is 16.0 Å². The third-order valence-corrected chi connectivity index (χ3v) is 4.92. The summed E-state index contributed by atoms with van der Waals surface area (Å²) in [6.07, 6.45) is 1.58. The smallest absolute Gasteiger partial charge is 0.307 e. The van der Waals surface area contributed by atoms with Crippen molar-refractivity contribution in [3.8, 4) is 0 Å². The van der Waals surface area contributed by atoms with Gasteiger partial charge in [0.2, 0.25) is 5.91 Å². The largest absolute Gasteiger partial charge is 0.481 e. The van der Waals surface area contributed by atoms with Crippen LogP contribution >= 0.6 is 0 Å². The highest BCUT2D eigenvalue weighted by Gasteiger charge is 2.34. The van der Waals surface area contributed by atoms with Crippen molar-refractivity contribution in [2.75, 3.05) is 24.5 Å². The molecule has 3 atom stereocenters. The van der Waals surface area contributed by atoms with E-state index in [1.165, 1.54) is 5.56 Å². The number of nitrogens with zero attached hydrogens (tertiary/aromatic N) is 2. The van der Waals surface area contributed by atoms with Gasteiger partial charge in [-0.2, -0.15) is 0 Å². The molecule has 1 saturated heterocycles. The predicted octanol–water partition coefficient (Wildman–Crippen LogP) is 2.01. The minimum absolute atomic E-state index is 0.0701. The number of carboxylic acid groups (broad SMARTS) is 1. The molecule has 124 valence electrons. The first kappa shape index (κ1) is 16.0. The van der Waals surface area contributed by atoms with E-state index in [1.54, 1.807) is 0 Å². The molecule has 0 radical (unpaired) electrons. The van der Waals surface area contributed by atoms with E-state index in [4.69, 9.17) is 0 Å². The number of benzene rings is 1. The summed E-state index contributed by atoms with van der Waals surface area (Å²) in [4.78, 5) is 28.0. The van der Waals surface area contributed by atoms with Gasteiger partial charge in [-0.3, -0.25) is 14.5 Å². The number of hydrogen-bond donors (Lipinski definition) is 1. The van der Waals surface area contributed by atoms with Crippen molar-refractivity contribution in [3.05, 3.63) is 29.8 Å². The highest BCUT2D eigenvalue weighted by Crippen LogP contribution is 2.32. The number of carbonyl (C=O) groups is 2. The number of amides is 1. The minimum Gasteiger partial charge on any atom is -0.481 e. The molecule has 5 heteroatoms. The average Bonchev–Trinajstić information content (AvgIpc) is 2.82. The van der Waals surface area contributed by atoms with Crippen LogP contribution in [0.4, 0.5) is 5.69 Å². The van der Waals surface area contributed by atoms with Crippen LogP contribution in [0, 0.1) is 11.8 Å². The first-order chi connectivity index (χ1) is 11.0.